The van der Waals surface area contributed by atoms with Crippen molar-refractivity contribution in [2.24, 2.45) is 0 Å². The molecule has 0 bridgehead atoms. The Kier molecular flexibility index (Phi) is 15.0. The third kappa shape index (κ3) is 10.1. The summed E-state index contributed by atoms with van der Waals surface area (Å²) in [6.07, 6.45) is 0.944. The normalized spacial score (nSPS) is 11.5. The van der Waals surface area contributed by atoms with Crippen molar-refractivity contribution < 1.29 is 49.0 Å². The first-order valence-electron chi connectivity index (χ1n) is 21.1. The smallest absolute Gasteiger partial charge is 0.172 e. The van der Waals surface area contributed by atoms with Gasteiger partial charge >= 0.3 is 145 Å². The van der Waals surface area contributed by atoms with E-state index in [0.717, 1.165) is 6.42 Å². The fourth-order valence-corrected chi connectivity index (χ4v) is 9.53. The first-order valence-corrected chi connectivity index (χ1v) is 22.3. The molecule has 0 saturated carbocycles. The minimum absolute atomic E-state index is 0. The maximum atomic E-state index is 3.88. The number of halogens is 2. The monoisotopic (exact) mass is 920 g/mol. The maximum absolute atomic E-state index is 3.88. The molecule has 1 aliphatic carbocycles. The molecule has 0 fully saturated rings. The molecule has 9 aromatic rings. The van der Waals surface area contributed by atoms with E-state index < -0.39 is 0 Å². The van der Waals surface area contributed by atoms with Crippen LogP contribution in [0.2, 0.25) is 0 Å². The average Bonchev–Trinajstić information content (AvgIpc) is 3.97. The molecule has 0 aliphatic heterocycles. The van der Waals surface area contributed by atoms with Crippen molar-refractivity contribution >= 4 is 24.8 Å². The average molecular weight is 923 g/mol. The van der Waals surface area contributed by atoms with Crippen molar-refractivity contribution in [2.75, 3.05) is 0 Å². The molecule has 0 radical (unpaired) electrons. The third-order valence-corrected chi connectivity index (χ3v) is 12.8. The van der Waals surface area contributed by atoms with Crippen LogP contribution in [0, 0.1) is 6.07 Å². The van der Waals surface area contributed by atoms with E-state index in [2.05, 4.69) is 211 Å². The van der Waals surface area contributed by atoms with Crippen LogP contribution in [-0.2, 0) is 41.5 Å². The Morgan fingerprint density at radius 3 is 1.45 bits per heavy atom. The summed E-state index contributed by atoms with van der Waals surface area (Å²) in [7, 11) is 0. The molecule has 0 saturated heterocycles. The Morgan fingerprint density at radius 2 is 0.952 bits per heavy atom. The van der Waals surface area contributed by atoms with E-state index in [4.69, 9.17) is 0 Å². The first kappa shape index (κ1) is 46.5. The van der Waals surface area contributed by atoms with E-state index in [9.17, 15) is 0 Å². The van der Waals surface area contributed by atoms with Gasteiger partial charge in [-0.3, -0.25) is 0 Å². The van der Waals surface area contributed by atoms with E-state index in [1.165, 1.54) is 116 Å². The summed E-state index contributed by atoms with van der Waals surface area (Å²) in [5.41, 5.74) is 16.2. The summed E-state index contributed by atoms with van der Waals surface area (Å²) >= 11 is 1.44. The summed E-state index contributed by atoms with van der Waals surface area (Å²) in [6.45, 7) is 13.9. The van der Waals surface area contributed by atoms with Gasteiger partial charge in [0.25, 0.3) is 0 Å². The van der Waals surface area contributed by atoms with Crippen molar-refractivity contribution in [3.05, 3.63) is 234 Å². The summed E-state index contributed by atoms with van der Waals surface area (Å²) in [5.74, 6) is 0. The van der Waals surface area contributed by atoms with Gasteiger partial charge in [-0.15, -0.1) is 28.8 Å². The molecule has 0 atom stereocenters. The molecule has 0 spiro atoms. The third-order valence-electron chi connectivity index (χ3n) is 11.5. The van der Waals surface area contributed by atoms with E-state index in [-0.39, 0.29) is 35.6 Å². The zero-order chi connectivity index (χ0) is 41.9. The van der Waals surface area contributed by atoms with Crippen LogP contribution in [0.3, 0.4) is 0 Å². The quantitative estimate of drug-likeness (QED) is 0.155. The van der Waals surface area contributed by atoms with Crippen LogP contribution in [-0.4, -0.2) is 3.21 Å². The van der Waals surface area contributed by atoms with Crippen LogP contribution in [0.1, 0.15) is 74.9 Å². The second-order valence-corrected chi connectivity index (χ2v) is 19.0. The number of hydrogen-bond donors (Lipinski definition) is 0. The van der Waals surface area contributed by atoms with Crippen molar-refractivity contribution in [1.29, 1.82) is 0 Å². The van der Waals surface area contributed by atoms with Gasteiger partial charge in [-0.1, -0.05) is 131 Å². The van der Waals surface area contributed by atoms with Gasteiger partial charge in [0.1, 0.15) is 0 Å². The summed E-state index contributed by atoms with van der Waals surface area (Å²) in [6, 6.07) is 73.3. The molecule has 0 heterocycles. The molecular weight excluding hydrogens is 871 g/mol. The van der Waals surface area contributed by atoms with Crippen LogP contribution in [0.4, 0.5) is 0 Å². The molecule has 9 aromatic carbocycles. The van der Waals surface area contributed by atoms with Gasteiger partial charge in [0.2, 0.25) is 0 Å². The number of rotatable bonds is 4. The first-order chi connectivity index (χ1) is 29.0. The summed E-state index contributed by atoms with van der Waals surface area (Å²) in [4.78, 5) is 0. The Hall–Kier alpha value is -5.04. The Morgan fingerprint density at radius 1 is 0.484 bits per heavy atom. The fourth-order valence-electron chi connectivity index (χ4n) is 8.45. The van der Waals surface area contributed by atoms with Gasteiger partial charge < -0.3 is 24.8 Å². The Labute approximate surface area is 396 Å². The Bertz CT molecular complexity index is 2700. The minimum Gasteiger partial charge on any atom is -0.214 e. The van der Waals surface area contributed by atoms with Crippen molar-refractivity contribution in [3.63, 3.8) is 0 Å². The van der Waals surface area contributed by atoms with Crippen LogP contribution >= 0.6 is 0 Å². The molecule has 0 amide bonds. The largest absolute Gasteiger partial charge is 0.214 e. The van der Waals surface area contributed by atoms with Gasteiger partial charge in [0.15, 0.2) is 0 Å². The summed E-state index contributed by atoms with van der Waals surface area (Å²) < 4.78 is 1.42. The van der Waals surface area contributed by atoms with E-state index in [0.29, 0.717) is 0 Å². The molecule has 0 N–H and O–H groups in total. The van der Waals surface area contributed by atoms with E-state index in [1.54, 1.807) is 0 Å². The van der Waals surface area contributed by atoms with Gasteiger partial charge in [0, 0.05) is 0 Å². The van der Waals surface area contributed by atoms with Gasteiger partial charge in [-0.25, -0.2) is 12.1 Å². The molecular formula is C59H52Cl2Zr-2. The number of benzene rings is 8. The zero-order valence-corrected chi connectivity index (χ0v) is 40.4. The predicted octanol–water partition coefficient (Wildman–Crippen LogP) is 9.51. The molecule has 308 valence electrons. The van der Waals surface area contributed by atoms with Gasteiger partial charge in [0.05, 0.1) is 0 Å². The topological polar surface area (TPSA) is 0 Å². The van der Waals surface area contributed by atoms with Crippen LogP contribution < -0.4 is 24.8 Å². The van der Waals surface area contributed by atoms with Crippen molar-refractivity contribution in [3.8, 4) is 33.4 Å². The Balaban J connectivity index is 0.000000190. The van der Waals surface area contributed by atoms with Crippen LogP contribution in [0.25, 0.3) is 54.9 Å². The van der Waals surface area contributed by atoms with Crippen LogP contribution in [0.5, 0.6) is 0 Å². The zero-order valence-electron chi connectivity index (χ0n) is 36.4. The SMILES string of the molecule is CC(C)(C)c1cc2c([c-]c1-c1ccccc1)Cc1cc(-c3ccccc3)c(C(C)(C)C)cc1-2.[Cl-].[Cl-].[Zr+2]=[C](c1cccc2ccccc12)c1cccc2ccccc12.c1cc[cH-]c1. The van der Waals surface area contributed by atoms with Crippen LogP contribution in [0.15, 0.2) is 194 Å². The molecule has 0 aromatic heterocycles. The number of fused-ring (bicyclic) bond motifs is 5. The van der Waals surface area contributed by atoms with Gasteiger partial charge in [-0.05, 0) is 39.5 Å². The van der Waals surface area contributed by atoms with E-state index >= 15 is 0 Å². The molecule has 0 nitrogen and oxygen atoms in total. The van der Waals surface area contributed by atoms with E-state index in [1.807, 2.05) is 30.3 Å². The van der Waals surface area contributed by atoms with Crippen molar-refractivity contribution in [2.45, 2.75) is 58.8 Å². The van der Waals surface area contributed by atoms with Crippen molar-refractivity contribution in [1.82, 2.24) is 0 Å². The van der Waals surface area contributed by atoms with Gasteiger partial charge in [-0.2, -0.15) is 18.2 Å². The number of hydrogen-bond acceptors (Lipinski definition) is 0. The second kappa shape index (κ2) is 20.0. The molecule has 10 rings (SSSR count). The summed E-state index contributed by atoms with van der Waals surface area (Å²) in [5, 5.41) is 5.29. The fraction of sp³-hybridized carbons (Fsp3) is 0.153. The predicted molar refractivity (Wildman–Crippen MR) is 255 cm³/mol. The standard InChI is InChI=1S/C33H33.C21H14.C5H5.2ClH.Zr/c1-32(2,3)30-20-26-24(18-28(30)22-13-9-7-10-14-22)17-25-19-29(23-15-11-8-12-16-23)31(21-27(25)26)33(4,5)6;1-3-13-20-16(7-1)9-5-11-18(20)15-19-12-6-10-17-8-2-4-14-21(17)19;1-2-4-5-3-1;;;/h7-16,18,20-21H,17H2,1-6H3;1-14H;1-5H;2*1H;/q-1;;-1;;;+2/p-2. The molecule has 62 heavy (non-hydrogen) atoms. The maximum Gasteiger partial charge on any atom is -0.172 e. The molecule has 0 unspecified atom stereocenters. The molecule has 3 heteroatoms. The minimum atomic E-state index is 0. The second-order valence-electron chi connectivity index (χ2n) is 17.8. The molecule has 1 aliphatic rings.